The minimum Gasteiger partial charge on any atom is -0.478 e. The molecule has 0 aliphatic rings. The maximum atomic E-state index is 13.2. The Hall–Kier alpha value is -3.65. The molecule has 0 bridgehead atoms. The lowest BCUT2D eigenvalue weighted by atomic mass is 10.0. The van der Waals surface area contributed by atoms with Crippen molar-refractivity contribution < 1.29 is 14.3 Å². The van der Waals surface area contributed by atoms with Gasteiger partial charge in [-0.1, -0.05) is 30.3 Å². The number of ether oxygens (including phenoxy) is 1. The summed E-state index contributed by atoms with van der Waals surface area (Å²) in [6.07, 6.45) is 3.90. The van der Waals surface area contributed by atoms with Crippen LogP contribution in [0.4, 0.5) is 0 Å². The first-order valence-electron chi connectivity index (χ1n) is 10.4. The Kier molecular flexibility index (Phi) is 6.81. The molecule has 8 heteroatoms. The number of hydrogen-bond acceptors (Lipinski definition) is 5. The number of para-hydroxylation sites is 1. The smallest absolute Gasteiger partial charge is 0.262 e. The lowest BCUT2D eigenvalue weighted by Crippen LogP contribution is -2.47. The summed E-state index contributed by atoms with van der Waals surface area (Å²) in [6.45, 7) is 2.62. The fraction of sp³-hybridized carbons (Fsp3) is 0.208. The Bertz CT molecular complexity index is 1200. The van der Waals surface area contributed by atoms with Crippen molar-refractivity contribution >= 4 is 34.1 Å². The first kappa shape index (κ1) is 21.6. The van der Waals surface area contributed by atoms with Crippen LogP contribution in [0.3, 0.4) is 0 Å². The van der Waals surface area contributed by atoms with Crippen LogP contribution in [0.5, 0.6) is 5.88 Å². The number of aromatic nitrogens is 2. The summed E-state index contributed by atoms with van der Waals surface area (Å²) in [7, 11) is 0. The van der Waals surface area contributed by atoms with Crippen LogP contribution in [0.15, 0.2) is 66.3 Å². The van der Waals surface area contributed by atoms with E-state index in [0.29, 0.717) is 23.8 Å². The third kappa shape index (κ3) is 4.97. The zero-order chi connectivity index (χ0) is 22.3. The number of carbonyl (C=O) groups is 2. The van der Waals surface area contributed by atoms with E-state index in [1.54, 1.807) is 18.3 Å². The van der Waals surface area contributed by atoms with E-state index < -0.39 is 6.04 Å². The van der Waals surface area contributed by atoms with Crippen LogP contribution in [0, 0.1) is 0 Å². The van der Waals surface area contributed by atoms with Crippen molar-refractivity contribution in [1.82, 2.24) is 20.6 Å². The summed E-state index contributed by atoms with van der Waals surface area (Å²) in [4.78, 5) is 33.9. The van der Waals surface area contributed by atoms with E-state index in [1.807, 2.05) is 54.9 Å². The van der Waals surface area contributed by atoms with Gasteiger partial charge in [0, 0.05) is 41.8 Å². The molecule has 7 nitrogen and oxygen atoms in total. The molecule has 0 fully saturated rings. The number of benzene rings is 1. The van der Waals surface area contributed by atoms with Gasteiger partial charge < -0.3 is 20.4 Å². The minimum absolute atomic E-state index is 0.251. The van der Waals surface area contributed by atoms with Crippen molar-refractivity contribution in [1.29, 1.82) is 0 Å². The standard InChI is InChI=1S/C24H24N4O3S/c1-2-31-24-16(7-5-11-25-24)14-27-22(29)20(28-23(30)21-10-6-12-32-21)13-17-15-26-19-9-4-3-8-18(17)19/h3-12,15,20,26H,2,13-14H2,1H3,(H,27,29)(H,28,30). The van der Waals surface area contributed by atoms with Crippen molar-refractivity contribution in [2.24, 2.45) is 0 Å². The molecule has 32 heavy (non-hydrogen) atoms. The van der Waals surface area contributed by atoms with Crippen LogP contribution in [-0.4, -0.2) is 34.4 Å². The van der Waals surface area contributed by atoms with E-state index in [-0.39, 0.29) is 18.4 Å². The number of rotatable bonds is 9. The normalized spacial score (nSPS) is 11.8. The fourth-order valence-electron chi connectivity index (χ4n) is 3.50. The molecule has 164 valence electrons. The summed E-state index contributed by atoms with van der Waals surface area (Å²) in [6, 6.07) is 14.4. The highest BCUT2D eigenvalue weighted by atomic mass is 32.1. The van der Waals surface area contributed by atoms with Gasteiger partial charge >= 0.3 is 0 Å². The Morgan fingerprint density at radius 2 is 2.00 bits per heavy atom. The monoisotopic (exact) mass is 448 g/mol. The van der Waals surface area contributed by atoms with Gasteiger partial charge in [0.2, 0.25) is 11.8 Å². The zero-order valence-corrected chi connectivity index (χ0v) is 18.4. The number of fused-ring (bicyclic) bond motifs is 1. The Morgan fingerprint density at radius 3 is 2.81 bits per heavy atom. The lowest BCUT2D eigenvalue weighted by molar-refractivity contribution is -0.123. The van der Waals surface area contributed by atoms with Crippen LogP contribution in [-0.2, 0) is 17.8 Å². The summed E-state index contributed by atoms with van der Waals surface area (Å²) in [5.41, 5.74) is 2.73. The molecule has 2 amide bonds. The second kappa shape index (κ2) is 10.1. The second-order valence-electron chi connectivity index (χ2n) is 7.19. The topological polar surface area (TPSA) is 96.1 Å². The fourth-order valence-corrected chi connectivity index (χ4v) is 4.12. The van der Waals surface area contributed by atoms with E-state index in [4.69, 9.17) is 4.74 Å². The van der Waals surface area contributed by atoms with Crippen molar-refractivity contribution in [2.45, 2.75) is 25.9 Å². The molecule has 4 aromatic rings. The van der Waals surface area contributed by atoms with E-state index >= 15 is 0 Å². The van der Waals surface area contributed by atoms with Crippen LogP contribution >= 0.6 is 11.3 Å². The maximum Gasteiger partial charge on any atom is 0.262 e. The molecule has 0 saturated heterocycles. The second-order valence-corrected chi connectivity index (χ2v) is 8.13. The Balaban J connectivity index is 1.52. The highest BCUT2D eigenvalue weighted by molar-refractivity contribution is 7.12. The number of nitrogens with one attached hydrogen (secondary N) is 3. The van der Waals surface area contributed by atoms with E-state index in [2.05, 4.69) is 20.6 Å². The lowest BCUT2D eigenvalue weighted by Gasteiger charge is -2.18. The summed E-state index contributed by atoms with van der Waals surface area (Å²) < 4.78 is 5.54. The third-order valence-corrected chi connectivity index (χ3v) is 5.92. The molecule has 1 aromatic carbocycles. The molecule has 0 saturated carbocycles. The van der Waals surface area contributed by atoms with Gasteiger partial charge in [0.1, 0.15) is 6.04 Å². The van der Waals surface area contributed by atoms with Crippen molar-refractivity contribution in [2.75, 3.05) is 6.61 Å². The van der Waals surface area contributed by atoms with Crippen molar-refractivity contribution in [3.8, 4) is 5.88 Å². The quantitative estimate of drug-likeness (QED) is 0.364. The molecule has 0 aliphatic carbocycles. The number of nitrogens with zero attached hydrogens (tertiary/aromatic N) is 1. The van der Waals surface area contributed by atoms with Crippen LogP contribution in [0.1, 0.15) is 27.7 Å². The zero-order valence-electron chi connectivity index (χ0n) is 17.6. The number of hydrogen-bond donors (Lipinski definition) is 3. The number of pyridine rings is 1. The molecule has 3 heterocycles. The first-order chi connectivity index (χ1) is 15.7. The molecule has 3 aromatic heterocycles. The number of carbonyl (C=O) groups excluding carboxylic acids is 2. The van der Waals surface area contributed by atoms with Gasteiger partial charge in [-0.05, 0) is 36.1 Å². The van der Waals surface area contributed by atoms with E-state index in [1.165, 1.54) is 11.3 Å². The summed E-state index contributed by atoms with van der Waals surface area (Å²) >= 11 is 1.34. The highest BCUT2D eigenvalue weighted by Gasteiger charge is 2.24. The van der Waals surface area contributed by atoms with Gasteiger partial charge in [0.25, 0.3) is 5.91 Å². The molecule has 1 atom stereocenters. The molecular weight excluding hydrogens is 424 g/mol. The summed E-state index contributed by atoms with van der Waals surface area (Å²) in [5, 5.41) is 8.69. The molecule has 0 radical (unpaired) electrons. The van der Waals surface area contributed by atoms with E-state index in [0.717, 1.165) is 22.0 Å². The van der Waals surface area contributed by atoms with Crippen LogP contribution in [0.2, 0.25) is 0 Å². The predicted octanol–water partition coefficient (Wildman–Crippen LogP) is 3.68. The van der Waals surface area contributed by atoms with Gasteiger partial charge in [-0.25, -0.2) is 4.98 Å². The third-order valence-electron chi connectivity index (χ3n) is 5.05. The van der Waals surface area contributed by atoms with Crippen LogP contribution < -0.4 is 15.4 Å². The maximum absolute atomic E-state index is 13.2. The molecule has 3 N–H and O–H groups in total. The molecule has 1 unspecified atom stereocenters. The molecule has 0 aliphatic heterocycles. The number of aromatic amines is 1. The number of H-pyrrole nitrogens is 1. The van der Waals surface area contributed by atoms with Crippen LogP contribution in [0.25, 0.3) is 10.9 Å². The van der Waals surface area contributed by atoms with Gasteiger partial charge in [0.05, 0.1) is 11.5 Å². The van der Waals surface area contributed by atoms with E-state index in [9.17, 15) is 9.59 Å². The van der Waals surface area contributed by atoms with Crippen molar-refractivity contribution in [3.63, 3.8) is 0 Å². The van der Waals surface area contributed by atoms with Gasteiger partial charge in [-0.3, -0.25) is 9.59 Å². The average molecular weight is 449 g/mol. The summed E-state index contributed by atoms with van der Waals surface area (Å²) in [5.74, 6) is -0.0473. The van der Waals surface area contributed by atoms with Gasteiger partial charge in [-0.15, -0.1) is 11.3 Å². The van der Waals surface area contributed by atoms with Crippen molar-refractivity contribution in [3.05, 3.63) is 82.3 Å². The first-order valence-corrected chi connectivity index (χ1v) is 11.3. The average Bonchev–Trinajstić information content (AvgIpc) is 3.49. The molecule has 0 spiro atoms. The highest BCUT2D eigenvalue weighted by Crippen LogP contribution is 2.20. The number of amides is 2. The molecular formula is C24H24N4O3S. The van der Waals surface area contributed by atoms with Gasteiger partial charge in [-0.2, -0.15) is 0 Å². The number of thiophene rings is 1. The SMILES string of the molecule is CCOc1ncccc1CNC(=O)C(Cc1c[nH]c2ccccc12)NC(=O)c1cccs1. The minimum atomic E-state index is -0.740. The Morgan fingerprint density at radius 1 is 1.12 bits per heavy atom. The van der Waals surface area contributed by atoms with Gasteiger partial charge in [0.15, 0.2) is 0 Å². The largest absolute Gasteiger partial charge is 0.478 e. The molecule has 4 rings (SSSR count). The Labute approximate surface area is 189 Å². The predicted molar refractivity (Wildman–Crippen MR) is 125 cm³/mol.